The molecule has 0 saturated heterocycles. The average molecular weight is 214 g/mol. The second-order valence-electron chi connectivity index (χ2n) is 4.45. The molecular weight excluding hydrogens is 196 g/mol. The van der Waals surface area contributed by atoms with E-state index in [1.807, 2.05) is 18.5 Å². The predicted molar refractivity (Wildman–Crippen MR) is 68.4 cm³/mol. The molecular formula is C14H18N2. The fraction of sp³-hybridized carbons (Fsp3) is 0.357. The van der Waals surface area contributed by atoms with Gasteiger partial charge in [-0.3, -0.25) is 4.98 Å². The van der Waals surface area contributed by atoms with Gasteiger partial charge in [0.05, 0.1) is 0 Å². The van der Waals surface area contributed by atoms with Crippen LogP contribution >= 0.6 is 0 Å². The molecule has 0 saturated carbocycles. The van der Waals surface area contributed by atoms with E-state index in [9.17, 15) is 0 Å². The summed E-state index contributed by atoms with van der Waals surface area (Å²) in [5, 5.41) is 2.50. The number of hydrogen-bond donors (Lipinski definition) is 1. The monoisotopic (exact) mass is 214 g/mol. The van der Waals surface area contributed by atoms with Crippen molar-refractivity contribution in [3.8, 4) is 0 Å². The number of pyridine rings is 1. The molecule has 16 heavy (non-hydrogen) atoms. The SMILES string of the molecule is CC(CN)C(C)c1cncc2ccccc12. The third kappa shape index (κ3) is 1.93. The highest BCUT2D eigenvalue weighted by Gasteiger charge is 2.15. The fourth-order valence-electron chi connectivity index (χ4n) is 2.01. The summed E-state index contributed by atoms with van der Waals surface area (Å²) in [6.07, 6.45) is 3.89. The number of hydrogen-bond acceptors (Lipinski definition) is 2. The maximum Gasteiger partial charge on any atom is 0.0346 e. The smallest absolute Gasteiger partial charge is 0.0346 e. The van der Waals surface area contributed by atoms with Gasteiger partial charge >= 0.3 is 0 Å². The lowest BCUT2D eigenvalue weighted by molar-refractivity contribution is 0.500. The molecule has 0 spiro atoms. The molecule has 0 aliphatic carbocycles. The van der Waals surface area contributed by atoms with E-state index < -0.39 is 0 Å². The third-order valence-electron chi connectivity index (χ3n) is 3.41. The van der Waals surface area contributed by atoms with E-state index in [0.717, 1.165) is 0 Å². The maximum absolute atomic E-state index is 5.73. The van der Waals surface area contributed by atoms with Crippen LogP contribution in [0.1, 0.15) is 25.3 Å². The summed E-state index contributed by atoms with van der Waals surface area (Å²) in [4.78, 5) is 4.31. The zero-order valence-electron chi connectivity index (χ0n) is 9.85. The Morgan fingerprint density at radius 1 is 1.19 bits per heavy atom. The minimum atomic E-state index is 0.448. The number of benzene rings is 1. The Morgan fingerprint density at radius 2 is 1.94 bits per heavy atom. The van der Waals surface area contributed by atoms with Gasteiger partial charge in [-0.1, -0.05) is 38.1 Å². The number of nitrogens with two attached hydrogens (primary N) is 1. The molecule has 2 rings (SSSR count). The van der Waals surface area contributed by atoms with Crippen molar-refractivity contribution in [2.24, 2.45) is 11.7 Å². The second-order valence-corrected chi connectivity index (χ2v) is 4.45. The molecule has 0 aliphatic heterocycles. The molecule has 0 aliphatic rings. The normalized spacial score (nSPS) is 14.9. The third-order valence-corrected chi connectivity index (χ3v) is 3.41. The fourth-order valence-corrected chi connectivity index (χ4v) is 2.01. The lowest BCUT2D eigenvalue weighted by atomic mass is 9.87. The van der Waals surface area contributed by atoms with Crippen LogP contribution in [0.2, 0.25) is 0 Å². The molecule has 2 unspecified atom stereocenters. The van der Waals surface area contributed by atoms with E-state index >= 15 is 0 Å². The molecule has 0 bridgehead atoms. The van der Waals surface area contributed by atoms with Gasteiger partial charge in [-0.2, -0.15) is 0 Å². The van der Waals surface area contributed by atoms with Crippen molar-refractivity contribution >= 4 is 10.8 Å². The van der Waals surface area contributed by atoms with Gasteiger partial charge in [0.25, 0.3) is 0 Å². The van der Waals surface area contributed by atoms with Gasteiger partial charge in [0.2, 0.25) is 0 Å². The van der Waals surface area contributed by atoms with Crippen LogP contribution in [0, 0.1) is 5.92 Å². The lowest BCUT2D eigenvalue weighted by Gasteiger charge is -2.19. The number of aromatic nitrogens is 1. The zero-order chi connectivity index (χ0) is 11.5. The minimum Gasteiger partial charge on any atom is -0.330 e. The van der Waals surface area contributed by atoms with Crippen molar-refractivity contribution in [2.75, 3.05) is 6.54 Å². The Balaban J connectivity index is 2.52. The van der Waals surface area contributed by atoms with Gasteiger partial charge in [0.1, 0.15) is 0 Å². The highest BCUT2D eigenvalue weighted by atomic mass is 14.6. The Kier molecular flexibility index (Phi) is 3.20. The van der Waals surface area contributed by atoms with E-state index in [2.05, 4.69) is 37.0 Å². The van der Waals surface area contributed by atoms with Gasteiger partial charge < -0.3 is 5.73 Å². The van der Waals surface area contributed by atoms with E-state index in [1.165, 1.54) is 16.3 Å². The molecule has 2 heteroatoms. The van der Waals surface area contributed by atoms with Crippen LogP contribution in [-0.4, -0.2) is 11.5 Å². The molecule has 2 atom stereocenters. The van der Waals surface area contributed by atoms with Crippen molar-refractivity contribution < 1.29 is 0 Å². The van der Waals surface area contributed by atoms with Crippen molar-refractivity contribution in [1.82, 2.24) is 4.98 Å². The summed E-state index contributed by atoms with van der Waals surface area (Å²) in [5.74, 6) is 0.927. The van der Waals surface area contributed by atoms with E-state index in [1.54, 1.807) is 0 Å². The van der Waals surface area contributed by atoms with E-state index in [-0.39, 0.29) is 0 Å². The number of nitrogens with zero attached hydrogens (tertiary/aromatic N) is 1. The first-order valence-electron chi connectivity index (χ1n) is 5.76. The quantitative estimate of drug-likeness (QED) is 0.853. The second kappa shape index (κ2) is 4.62. The zero-order valence-corrected chi connectivity index (χ0v) is 9.85. The molecule has 2 aromatic rings. The van der Waals surface area contributed by atoms with Gasteiger partial charge in [-0.05, 0) is 29.3 Å². The summed E-state index contributed by atoms with van der Waals surface area (Å²) in [7, 11) is 0. The highest BCUT2D eigenvalue weighted by Crippen LogP contribution is 2.28. The molecule has 0 fully saturated rings. The molecule has 0 radical (unpaired) electrons. The average Bonchev–Trinajstić information content (AvgIpc) is 2.36. The van der Waals surface area contributed by atoms with Crippen LogP contribution < -0.4 is 5.73 Å². The molecule has 84 valence electrons. The molecule has 2 nitrogen and oxygen atoms in total. The van der Waals surface area contributed by atoms with Crippen LogP contribution in [0.5, 0.6) is 0 Å². The number of fused-ring (bicyclic) bond motifs is 1. The van der Waals surface area contributed by atoms with Crippen LogP contribution in [0.3, 0.4) is 0 Å². The Morgan fingerprint density at radius 3 is 2.69 bits per heavy atom. The van der Waals surface area contributed by atoms with Crippen molar-refractivity contribution in [2.45, 2.75) is 19.8 Å². The van der Waals surface area contributed by atoms with Crippen LogP contribution in [-0.2, 0) is 0 Å². The van der Waals surface area contributed by atoms with Crippen LogP contribution in [0.4, 0.5) is 0 Å². The Labute approximate surface area is 96.5 Å². The highest BCUT2D eigenvalue weighted by molar-refractivity contribution is 5.85. The first-order valence-corrected chi connectivity index (χ1v) is 5.76. The first kappa shape index (κ1) is 11.1. The van der Waals surface area contributed by atoms with Crippen molar-refractivity contribution in [3.63, 3.8) is 0 Å². The topological polar surface area (TPSA) is 38.9 Å². The van der Waals surface area contributed by atoms with Crippen LogP contribution in [0.15, 0.2) is 36.7 Å². The minimum absolute atomic E-state index is 0.448. The molecule has 1 aromatic carbocycles. The van der Waals surface area contributed by atoms with Crippen LogP contribution in [0.25, 0.3) is 10.8 Å². The molecule has 1 aromatic heterocycles. The van der Waals surface area contributed by atoms with E-state index in [4.69, 9.17) is 5.73 Å². The summed E-state index contributed by atoms with van der Waals surface area (Å²) in [6.45, 7) is 5.12. The van der Waals surface area contributed by atoms with Gasteiger partial charge in [0, 0.05) is 17.8 Å². The molecule has 2 N–H and O–H groups in total. The maximum atomic E-state index is 5.73. The molecule has 1 heterocycles. The Bertz CT molecular complexity index is 474. The first-order chi connectivity index (χ1) is 7.74. The van der Waals surface area contributed by atoms with Crippen molar-refractivity contribution in [1.29, 1.82) is 0 Å². The largest absolute Gasteiger partial charge is 0.330 e. The summed E-state index contributed by atoms with van der Waals surface area (Å²) < 4.78 is 0. The standard InChI is InChI=1S/C14H18N2/c1-10(7-15)11(2)14-9-16-8-12-5-3-4-6-13(12)14/h3-6,8-11H,7,15H2,1-2H3. The Hall–Kier alpha value is -1.41. The van der Waals surface area contributed by atoms with Crippen molar-refractivity contribution in [3.05, 3.63) is 42.2 Å². The summed E-state index contributed by atoms with van der Waals surface area (Å²) in [5.41, 5.74) is 7.04. The van der Waals surface area contributed by atoms with Gasteiger partial charge in [0.15, 0.2) is 0 Å². The summed E-state index contributed by atoms with van der Waals surface area (Å²) >= 11 is 0. The van der Waals surface area contributed by atoms with E-state index in [0.29, 0.717) is 18.4 Å². The lowest BCUT2D eigenvalue weighted by Crippen LogP contribution is -2.17. The molecule has 0 amide bonds. The van der Waals surface area contributed by atoms with Gasteiger partial charge in [-0.15, -0.1) is 0 Å². The van der Waals surface area contributed by atoms with Gasteiger partial charge in [-0.25, -0.2) is 0 Å². The number of rotatable bonds is 3. The summed E-state index contributed by atoms with van der Waals surface area (Å²) in [6, 6.07) is 8.38. The predicted octanol–water partition coefficient (Wildman–Crippen LogP) is 2.93.